The molecule has 4 aromatic rings. The lowest BCUT2D eigenvalue weighted by Crippen LogP contribution is -2.28. The van der Waals surface area contributed by atoms with E-state index in [2.05, 4.69) is 4.18 Å². The van der Waals surface area contributed by atoms with E-state index in [1.807, 2.05) is 36.4 Å². The maximum atomic E-state index is 12.4. The van der Waals surface area contributed by atoms with Crippen LogP contribution in [0.15, 0.2) is 54.6 Å². The summed E-state index contributed by atoms with van der Waals surface area (Å²) in [6.07, 6.45) is 0. The molecule has 8 heteroatoms. The first-order valence-electron chi connectivity index (χ1n) is 7.10. The quantitative estimate of drug-likeness (QED) is 0.343. The van der Waals surface area contributed by atoms with Gasteiger partial charge in [0.1, 0.15) is 5.75 Å². The fraction of sp³-hybridized carbons (Fsp3) is 0.0588. The van der Waals surface area contributed by atoms with Crippen LogP contribution < -0.4 is 4.18 Å². The van der Waals surface area contributed by atoms with Crippen LogP contribution >= 0.6 is 11.3 Å². The van der Waals surface area contributed by atoms with Gasteiger partial charge >= 0.3 is 15.6 Å². The van der Waals surface area contributed by atoms with Gasteiger partial charge in [0.05, 0.1) is 0 Å². The van der Waals surface area contributed by atoms with Crippen molar-refractivity contribution in [3.8, 4) is 5.75 Å². The van der Waals surface area contributed by atoms with Gasteiger partial charge in [0.25, 0.3) is 0 Å². The predicted octanol–water partition coefficient (Wildman–Crippen LogP) is 5.44. The average Bonchev–Trinajstić information content (AvgIpc) is 2.88. The Hall–Kier alpha value is -2.32. The Morgan fingerprint density at radius 2 is 1.60 bits per heavy atom. The number of fused-ring (bicyclic) bond motifs is 4. The van der Waals surface area contributed by atoms with Gasteiger partial charge in [-0.25, -0.2) is 0 Å². The molecule has 0 saturated heterocycles. The third-order valence-electron chi connectivity index (χ3n) is 3.80. The van der Waals surface area contributed by atoms with E-state index in [0.29, 0.717) is 5.39 Å². The lowest BCUT2D eigenvalue weighted by Gasteiger charge is -2.10. The van der Waals surface area contributed by atoms with Gasteiger partial charge in [-0.2, -0.15) is 21.6 Å². The molecular weight excluding hydrogens is 373 g/mol. The smallest absolute Gasteiger partial charge is 0.376 e. The highest BCUT2D eigenvalue weighted by Gasteiger charge is 2.48. The van der Waals surface area contributed by atoms with Gasteiger partial charge in [0.2, 0.25) is 0 Å². The molecule has 3 aromatic carbocycles. The van der Waals surface area contributed by atoms with Crippen LogP contribution in [-0.4, -0.2) is 13.9 Å². The molecule has 4 rings (SSSR count). The first kappa shape index (κ1) is 16.2. The first-order valence-corrected chi connectivity index (χ1v) is 9.33. The minimum atomic E-state index is -5.68. The van der Waals surface area contributed by atoms with Crippen LogP contribution in [0.2, 0.25) is 0 Å². The molecule has 0 aliphatic heterocycles. The maximum absolute atomic E-state index is 12.4. The van der Waals surface area contributed by atoms with E-state index >= 15 is 0 Å². The van der Waals surface area contributed by atoms with Crippen LogP contribution in [0.3, 0.4) is 0 Å². The summed E-state index contributed by atoms with van der Waals surface area (Å²) in [7, 11) is -5.68. The average molecular weight is 382 g/mol. The van der Waals surface area contributed by atoms with Crippen LogP contribution in [0.25, 0.3) is 30.9 Å². The van der Waals surface area contributed by atoms with Crippen molar-refractivity contribution in [2.75, 3.05) is 0 Å². The van der Waals surface area contributed by atoms with Crippen molar-refractivity contribution < 1.29 is 25.8 Å². The number of halogens is 3. The standard InChI is InChI=1S/C17H9F3O3S2/c18-17(19,20)25(21,22)23-12-6-5-10-8-14-13-3-1-2-4-15(13)24-16(14)9-11(10)7-12/h1-9H. The highest BCUT2D eigenvalue weighted by molar-refractivity contribution is 7.88. The number of hydrogen-bond donors (Lipinski definition) is 0. The molecule has 25 heavy (non-hydrogen) atoms. The van der Waals surface area contributed by atoms with E-state index in [-0.39, 0.29) is 5.75 Å². The topological polar surface area (TPSA) is 43.4 Å². The summed E-state index contributed by atoms with van der Waals surface area (Å²) in [5.74, 6) is -0.370. The van der Waals surface area contributed by atoms with Gasteiger partial charge in [-0.3, -0.25) is 0 Å². The summed E-state index contributed by atoms with van der Waals surface area (Å²) in [4.78, 5) is 0. The largest absolute Gasteiger partial charge is 0.534 e. The van der Waals surface area contributed by atoms with Crippen molar-refractivity contribution in [3.63, 3.8) is 0 Å². The van der Waals surface area contributed by atoms with E-state index in [4.69, 9.17) is 0 Å². The highest BCUT2D eigenvalue weighted by atomic mass is 32.2. The SMILES string of the molecule is O=S(=O)(Oc1ccc2cc3c(cc2c1)sc1ccccc13)C(F)(F)F. The Kier molecular flexibility index (Phi) is 3.45. The minimum absolute atomic E-state index is 0.370. The number of benzene rings is 3. The second-order valence-corrected chi connectivity index (χ2v) is 8.06. The molecule has 0 radical (unpaired) electrons. The lowest BCUT2D eigenvalue weighted by molar-refractivity contribution is -0.0500. The molecular formula is C17H9F3O3S2. The van der Waals surface area contributed by atoms with Crippen LogP contribution in [0, 0.1) is 0 Å². The third kappa shape index (κ3) is 2.71. The van der Waals surface area contributed by atoms with Crippen LogP contribution in [-0.2, 0) is 10.1 Å². The fourth-order valence-corrected chi connectivity index (χ4v) is 4.26. The van der Waals surface area contributed by atoms with Gasteiger partial charge in [0.15, 0.2) is 0 Å². The molecule has 0 fully saturated rings. The van der Waals surface area contributed by atoms with E-state index in [9.17, 15) is 21.6 Å². The van der Waals surface area contributed by atoms with Gasteiger partial charge < -0.3 is 4.18 Å². The van der Waals surface area contributed by atoms with E-state index in [1.165, 1.54) is 12.1 Å². The number of thiophene rings is 1. The molecule has 1 aromatic heterocycles. The molecule has 0 amide bonds. The van der Waals surface area contributed by atoms with Gasteiger partial charge in [-0.15, -0.1) is 11.3 Å². The molecule has 0 N–H and O–H groups in total. The third-order valence-corrected chi connectivity index (χ3v) is 5.91. The second-order valence-electron chi connectivity index (χ2n) is 5.44. The Morgan fingerprint density at radius 1 is 0.840 bits per heavy atom. The van der Waals surface area contributed by atoms with Gasteiger partial charge in [-0.05, 0) is 41.1 Å². The Morgan fingerprint density at radius 3 is 2.36 bits per heavy atom. The zero-order chi connectivity index (χ0) is 17.8. The molecule has 3 nitrogen and oxygen atoms in total. The van der Waals surface area contributed by atoms with Crippen LogP contribution in [0.1, 0.15) is 0 Å². The van der Waals surface area contributed by atoms with Gasteiger partial charge in [-0.1, -0.05) is 24.3 Å². The fourth-order valence-electron chi connectivity index (χ4n) is 2.67. The van der Waals surface area contributed by atoms with Crippen LogP contribution in [0.5, 0.6) is 5.75 Å². The van der Waals surface area contributed by atoms with Crippen molar-refractivity contribution in [1.29, 1.82) is 0 Å². The maximum Gasteiger partial charge on any atom is 0.534 e. The van der Waals surface area contributed by atoms with Crippen LogP contribution in [0.4, 0.5) is 13.2 Å². The molecule has 0 unspecified atom stereocenters. The van der Waals surface area contributed by atoms with Crippen molar-refractivity contribution in [3.05, 3.63) is 54.6 Å². The molecule has 128 valence electrons. The van der Waals surface area contributed by atoms with Gasteiger partial charge in [0, 0.05) is 20.2 Å². The highest BCUT2D eigenvalue weighted by Crippen LogP contribution is 2.37. The summed E-state index contributed by atoms with van der Waals surface area (Å²) in [5.41, 5.74) is -5.46. The Bertz CT molecular complexity index is 1220. The zero-order valence-corrected chi connectivity index (χ0v) is 14.0. The first-order chi connectivity index (χ1) is 11.7. The predicted molar refractivity (Wildman–Crippen MR) is 92.4 cm³/mol. The summed E-state index contributed by atoms with van der Waals surface area (Å²) in [6.45, 7) is 0. The lowest BCUT2D eigenvalue weighted by atomic mass is 10.1. The molecule has 0 bridgehead atoms. The Balaban J connectivity index is 1.86. The van der Waals surface area contributed by atoms with Crippen molar-refractivity contribution in [1.82, 2.24) is 0 Å². The molecule has 0 spiro atoms. The number of hydrogen-bond acceptors (Lipinski definition) is 4. The van der Waals surface area contributed by atoms with Crippen molar-refractivity contribution in [2.45, 2.75) is 5.51 Å². The second kappa shape index (κ2) is 5.34. The normalized spacial score (nSPS) is 12.9. The van der Waals surface area contributed by atoms with E-state index in [0.717, 1.165) is 25.6 Å². The molecule has 0 aliphatic carbocycles. The number of alkyl halides is 3. The molecule has 0 saturated carbocycles. The molecule has 0 aliphatic rings. The van der Waals surface area contributed by atoms with Crippen molar-refractivity contribution in [2.24, 2.45) is 0 Å². The summed E-state index contributed by atoms with van der Waals surface area (Å²) in [5, 5.41) is 3.54. The molecule has 1 heterocycles. The Labute approximate surface area is 144 Å². The number of rotatable bonds is 2. The summed E-state index contributed by atoms with van der Waals surface area (Å²) >= 11 is 1.56. The molecule has 0 atom stereocenters. The summed E-state index contributed by atoms with van der Waals surface area (Å²) < 4.78 is 65.9. The van der Waals surface area contributed by atoms with E-state index in [1.54, 1.807) is 17.4 Å². The van der Waals surface area contributed by atoms with E-state index < -0.39 is 15.6 Å². The van der Waals surface area contributed by atoms with Crippen molar-refractivity contribution >= 4 is 52.4 Å². The monoisotopic (exact) mass is 382 g/mol. The zero-order valence-electron chi connectivity index (χ0n) is 12.4. The summed E-state index contributed by atoms with van der Waals surface area (Å²) in [6, 6.07) is 15.7. The minimum Gasteiger partial charge on any atom is -0.376 e.